The molecule has 0 radical (unpaired) electrons. The fourth-order valence-corrected chi connectivity index (χ4v) is 4.96. The van der Waals surface area contributed by atoms with Crippen molar-refractivity contribution >= 4 is 45.7 Å². The second kappa shape index (κ2) is 9.72. The van der Waals surface area contributed by atoms with E-state index < -0.39 is 17.7 Å². The summed E-state index contributed by atoms with van der Waals surface area (Å²) in [6, 6.07) is 12.2. The number of aromatic amines is 1. The Bertz CT molecular complexity index is 1310. The summed E-state index contributed by atoms with van der Waals surface area (Å²) in [7, 11) is 1.27. The quantitative estimate of drug-likeness (QED) is 0.363. The summed E-state index contributed by atoms with van der Waals surface area (Å²) in [4.78, 5) is 34.9. The number of rotatable bonds is 7. The van der Waals surface area contributed by atoms with Crippen molar-refractivity contribution in [3.05, 3.63) is 75.8 Å². The SMILES string of the molecule is COC(=O)CN(CCc1c[nH]c2ccccc12)C(=O)c1nc(C)sc1-c1c(F)cccc1Cl. The number of hydrogen-bond acceptors (Lipinski definition) is 5. The number of nitrogens with zero attached hydrogens (tertiary/aromatic N) is 2. The van der Waals surface area contributed by atoms with Gasteiger partial charge in [-0.15, -0.1) is 11.3 Å². The van der Waals surface area contributed by atoms with Crippen molar-refractivity contribution in [3.63, 3.8) is 0 Å². The molecule has 0 saturated heterocycles. The average Bonchev–Trinajstić information content (AvgIpc) is 3.39. The fraction of sp³-hybridized carbons (Fsp3) is 0.208. The van der Waals surface area contributed by atoms with Gasteiger partial charge in [-0.25, -0.2) is 9.37 Å². The molecule has 0 fully saturated rings. The van der Waals surface area contributed by atoms with E-state index in [0.29, 0.717) is 16.3 Å². The molecule has 2 aromatic carbocycles. The first kappa shape index (κ1) is 22.9. The van der Waals surface area contributed by atoms with Crippen LogP contribution in [0.15, 0.2) is 48.7 Å². The fourth-order valence-electron chi connectivity index (χ4n) is 3.67. The number of halogens is 2. The Labute approximate surface area is 199 Å². The summed E-state index contributed by atoms with van der Waals surface area (Å²) in [6.45, 7) is 1.73. The Morgan fingerprint density at radius 1 is 1.21 bits per heavy atom. The van der Waals surface area contributed by atoms with E-state index in [1.54, 1.807) is 13.0 Å². The summed E-state index contributed by atoms with van der Waals surface area (Å²) in [5.41, 5.74) is 2.19. The second-order valence-corrected chi connectivity index (χ2v) is 9.03. The molecule has 0 aliphatic rings. The number of ether oxygens (including phenoxy) is 1. The number of amides is 1. The van der Waals surface area contributed by atoms with E-state index in [4.69, 9.17) is 16.3 Å². The molecule has 1 N–H and O–H groups in total. The molecule has 170 valence electrons. The van der Waals surface area contributed by atoms with Crippen molar-refractivity contribution in [1.29, 1.82) is 0 Å². The van der Waals surface area contributed by atoms with Gasteiger partial charge in [0.2, 0.25) is 0 Å². The number of para-hydroxylation sites is 1. The van der Waals surface area contributed by atoms with E-state index in [1.807, 2.05) is 30.5 Å². The van der Waals surface area contributed by atoms with Crippen molar-refractivity contribution in [3.8, 4) is 10.4 Å². The normalized spacial score (nSPS) is 11.0. The standard InChI is InChI=1S/C24H21ClFN3O3S/c1-14-28-22(23(33-14)21-17(25)7-5-8-18(21)26)24(31)29(13-20(30)32-2)11-10-15-12-27-19-9-4-3-6-16(15)19/h3-9,12,27H,10-11,13H2,1-2H3. The summed E-state index contributed by atoms with van der Waals surface area (Å²) >= 11 is 7.44. The number of carbonyl (C=O) groups excluding carboxylic acids is 2. The highest BCUT2D eigenvalue weighted by Crippen LogP contribution is 2.37. The predicted molar refractivity (Wildman–Crippen MR) is 127 cm³/mol. The molecule has 9 heteroatoms. The lowest BCUT2D eigenvalue weighted by atomic mass is 10.1. The Hall–Kier alpha value is -3.23. The van der Waals surface area contributed by atoms with Crippen LogP contribution in [0.2, 0.25) is 5.02 Å². The highest BCUT2D eigenvalue weighted by molar-refractivity contribution is 7.15. The highest BCUT2D eigenvalue weighted by atomic mass is 35.5. The number of carbonyl (C=O) groups is 2. The van der Waals surface area contributed by atoms with Gasteiger partial charge in [-0.3, -0.25) is 9.59 Å². The highest BCUT2D eigenvalue weighted by Gasteiger charge is 2.28. The van der Waals surface area contributed by atoms with E-state index in [1.165, 1.54) is 35.5 Å². The average molecular weight is 486 g/mol. The van der Waals surface area contributed by atoms with Gasteiger partial charge >= 0.3 is 5.97 Å². The van der Waals surface area contributed by atoms with Crippen LogP contribution in [-0.4, -0.2) is 46.9 Å². The molecule has 0 aliphatic heterocycles. The van der Waals surface area contributed by atoms with E-state index in [0.717, 1.165) is 16.5 Å². The van der Waals surface area contributed by atoms with Crippen molar-refractivity contribution in [2.75, 3.05) is 20.2 Å². The number of thiazole rings is 1. The first-order valence-corrected chi connectivity index (χ1v) is 11.4. The largest absolute Gasteiger partial charge is 0.468 e. The third kappa shape index (κ3) is 4.77. The van der Waals surface area contributed by atoms with Crippen LogP contribution >= 0.6 is 22.9 Å². The molecule has 0 bridgehead atoms. The molecule has 33 heavy (non-hydrogen) atoms. The van der Waals surface area contributed by atoms with Gasteiger partial charge in [0, 0.05) is 29.2 Å². The molecule has 0 spiro atoms. The maximum absolute atomic E-state index is 14.6. The number of hydrogen-bond donors (Lipinski definition) is 1. The van der Waals surface area contributed by atoms with Crippen LogP contribution in [0.5, 0.6) is 0 Å². The van der Waals surface area contributed by atoms with Crippen LogP contribution < -0.4 is 0 Å². The minimum atomic E-state index is -0.556. The smallest absolute Gasteiger partial charge is 0.325 e. The molecular formula is C24H21ClFN3O3S. The van der Waals surface area contributed by atoms with Gasteiger partial charge in [0.15, 0.2) is 0 Å². The molecule has 0 atom stereocenters. The number of H-pyrrole nitrogens is 1. The van der Waals surface area contributed by atoms with Crippen LogP contribution in [0.25, 0.3) is 21.3 Å². The minimum Gasteiger partial charge on any atom is -0.468 e. The second-order valence-electron chi connectivity index (χ2n) is 7.42. The Morgan fingerprint density at radius 3 is 2.76 bits per heavy atom. The topological polar surface area (TPSA) is 75.3 Å². The number of nitrogens with one attached hydrogen (secondary N) is 1. The van der Waals surface area contributed by atoms with Crippen LogP contribution in [0.4, 0.5) is 4.39 Å². The third-order valence-electron chi connectivity index (χ3n) is 5.29. The maximum atomic E-state index is 14.6. The Morgan fingerprint density at radius 2 is 2.00 bits per heavy atom. The van der Waals surface area contributed by atoms with Crippen molar-refractivity contribution in [2.24, 2.45) is 0 Å². The maximum Gasteiger partial charge on any atom is 0.325 e. The zero-order valence-corrected chi connectivity index (χ0v) is 19.6. The zero-order valence-electron chi connectivity index (χ0n) is 18.0. The van der Waals surface area contributed by atoms with Crippen molar-refractivity contribution in [2.45, 2.75) is 13.3 Å². The van der Waals surface area contributed by atoms with Crippen molar-refractivity contribution in [1.82, 2.24) is 14.9 Å². The number of aryl methyl sites for hydroxylation is 1. The lowest BCUT2D eigenvalue weighted by Crippen LogP contribution is -2.38. The van der Waals surface area contributed by atoms with Crippen LogP contribution in [0.3, 0.4) is 0 Å². The Balaban J connectivity index is 1.67. The van der Waals surface area contributed by atoms with Gasteiger partial charge in [-0.1, -0.05) is 35.9 Å². The number of esters is 1. The summed E-state index contributed by atoms with van der Waals surface area (Å²) < 4.78 is 19.4. The van der Waals surface area contributed by atoms with Gasteiger partial charge < -0.3 is 14.6 Å². The van der Waals surface area contributed by atoms with Gasteiger partial charge in [0.05, 0.1) is 22.0 Å². The summed E-state index contributed by atoms with van der Waals surface area (Å²) in [6.07, 6.45) is 2.40. The minimum absolute atomic E-state index is 0.0623. The van der Waals surface area contributed by atoms with Gasteiger partial charge in [0.25, 0.3) is 5.91 Å². The van der Waals surface area contributed by atoms with Crippen molar-refractivity contribution < 1.29 is 18.7 Å². The first-order chi connectivity index (χ1) is 15.9. The van der Waals surface area contributed by atoms with E-state index in [9.17, 15) is 14.0 Å². The molecule has 0 aliphatic carbocycles. The van der Waals surface area contributed by atoms with E-state index in [2.05, 4.69) is 9.97 Å². The molecule has 4 aromatic rings. The third-order valence-corrected chi connectivity index (χ3v) is 6.59. The molecule has 4 rings (SSSR count). The lowest BCUT2D eigenvalue weighted by molar-refractivity contribution is -0.141. The Kier molecular flexibility index (Phi) is 6.76. The van der Waals surface area contributed by atoms with Gasteiger partial charge in [-0.05, 0) is 37.1 Å². The number of benzene rings is 2. The number of fused-ring (bicyclic) bond motifs is 1. The van der Waals surface area contributed by atoms with Gasteiger partial charge in [0.1, 0.15) is 18.1 Å². The molecule has 0 saturated carbocycles. The number of methoxy groups -OCH3 is 1. The molecule has 2 heterocycles. The lowest BCUT2D eigenvalue weighted by Gasteiger charge is -2.21. The summed E-state index contributed by atoms with van der Waals surface area (Å²) in [5, 5.41) is 1.82. The monoisotopic (exact) mass is 485 g/mol. The molecule has 1 amide bonds. The van der Waals surface area contributed by atoms with Gasteiger partial charge in [-0.2, -0.15) is 0 Å². The first-order valence-electron chi connectivity index (χ1n) is 10.2. The zero-order chi connectivity index (χ0) is 23.5. The number of aromatic nitrogens is 2. The predicted octanol–water partition coefficient (Wildman–Crippen LogP) is 5.25. The molecule has 6 nitrogen and oxygen atoms in total. The molecular weight excluding hydrogens is 465 g/mol. The van der Waals surface area contributed by atoms with E-state index in [-0.39, 0.29) is 29.4 Å². The van der Waals surface area contributed by atoms with Crippen LogP contribution in [-0.2, 0) is 16.0 Å². The molecule has 0 unspecified atom stereocenters. The van der Waals surface area contributed by atoms with Crippen LogP contribution in [0.1, 0.15) is 21.1 Å². The van der Waals surface area contributed by atoms with Crippen LogP contribution in [0, 0.1) is 12.7 Å². The summed E-state index contributed by atoms with van der Waals surface area (Å²) in [5.74, 6) is -1.59. The molecule has 2 aromatic heterocycles. The van der Waals surface area contributed by atoms with E-state index >= 15 is 0 Å².